The van der Waals surface area contributed by atoms with Gasteiger partial charge in [-0.3, -0.25) is 4.84 Å². The fourth-order valence-corrected chi connectivity index (χ4v) is 14.1. The van der Waals surface area contributed by atoms with Crippen LogP contribution in [0.1, 0.15) is 205 Å². The maximum atomic E-state index is 12.6. The molecule has 5 aliphatic heterocycles. The summed E-state index contributed by atoms with van der Waals surface area (Å²) in [5, 5.41) is 35.1. The van der Waals surface area contributed by atoms with E-state index in [-0.39, 0.29) is 42.9 Å². The number of benzene rings is 3. The molecule has 4 spiro atoms. The van der Waals surface area contributed by atoms with Crippen molar-refractivity contribution < 1.29 is 96.0 Å². The largest absolute Gasteiger partial charge is 0.508 e. The number of carbonyl (C=O) groups is 6. The SMILES string of the molecule is C.C.CC(/C=C/C1=C(O)OC2(CCCCCCC2)OC1=O)=C\C=C1C(=O)OC2(CCCCCCC2)OC1=O.Cc1cc[n+](-c2ccc(O)c(CON3CCCC3)c2)cc1.Cc1cc[n+](-c2cccc3ccccc23)cc1.O=C1OC2(CCCCC2)OC(=O)C1=C/C=C/C=C/C1=C(O)OC2(CCCCC2)OC1=O. The normalized spacial score (nSPS) is 20.6. The molecule has 2 aromatic heterocycles. The van der Waals surface area contributed by atoms with E-state index in [0.29, 0.717) is 63.5 Å². The lowest BCUT2D eigenvalue weighted by molar-refractivity contribution is -0.595. The van der Waals surface area contributed by atoms with E-state index in [1.807, 2.05) is 34.2 Å². The van der Waals surface area contributed by atoms with Crippen molar-refractivity contribution in [2.24, 2.45) is 0 Å². The molecule has 9 aliphatic rings. The molecule has 4 aliphatic carbocycles. The minimum atomic E-state index is -1.15. The van der Waals surface area contributed by atoms with Crippen molar-refractivity contribution in [2.45, 2.75) is 232 Å². The number of aliphatic hydroxyl groups is 2. The van der Waals surface area contributed by atoms with Gasteiger partial charge in [0.1, 0.15) is 28.0 Å². The number of carbonyl (C=O) groups excluding carboxylic acids is 6. The number of rotatable bonds is 11. The zero-order valence-corrected chi connectivity index (χ0v) is 60.4. The minimum Gasteiger partial charge on any atom is -0.508 e. The molecular weight excluding hydrogens is 1360 g/mol. The molecule has 3 aromatic carbocycles. The third-order valence-electron chi connectivity index (χ3n) is 20.1. The Balaban J connectivity index is 0.000000170. The predicted octanol–water partition coefficient (Wildman–Crippen LogP) is 16.7. The molecule has 0 radical (unpaired) electrons. The molecule has 7 fully saturated rings. The van der Waals surface area contributed by atoms with Gasteiger partial charge in [0.05, 0.1) is 12.0 Å². The highest BCUT2D eigenvalue weighted by Gasteiger charge is 2.49. The number of hydrogen-bond donors (Lipinski definition) is 3. The number of esters is 6. The second kappa shape index (κ2) is 37.9. The monoisotopic (exact) mass is 1470 g/mol. The topological polar surface area (TPSA) is 257 Å². The number of nitrogens with zero attached hydrogens (tertiary/aromatic N) is 3. The van der Waals surface area contributed by atoms with E-state index < -0.39 is 70.9 Å². The van der Waals surface area contributed by atoms with Crippen molar-refractivity contribution in [3.63, 3.8) is 0 Å². The van der Waals surface area contributed by atoms with E-state index >= 15 is 0 Å². The Morgan fingerprint density at radius 2 is 0.879 bits per heavy atom. The van der Waals surface area contributed by atoms with Crippen molar-refractivity contribution in [2.75, 3.05) is 13.1 Å². The molecule has 21 nitrogen and oxygen atoms in total. The highest BCUT2D eigenvalue weighted by Crippen LogP contribution is 2.42. The lowest BCUT2D eigenvalue weighted by Crippen LogP contribution is -2.47. The average molecular weight is 1470 g/mol. The molecule has 0 atom stereocenters. The lowest BCUT2D eigenvalue weighted by atomic mass is 9.93. The summed E-state index contributed by atoms with van der Waals surface area (Å²) in [7, 11) is 0. The zero-order valence-electron chi connectivity index (χ0n) is 60.4. The van der Waals surface area contributed by atoms with Crippen molar-refractivity contribution in [1.29, 1.82) is 0 Å². The van der Waals surface area contributed by atoms with Crippen molar-refractivity contribution in [3.8, 4) is 17.1 Å². The van der Waals surface area contributed by atoms with Crippen molar-refractivity contribution >= 4 is 46.6 Å². The first-order valence-corrected chi connectivity index (χ1v) is 37.2. The molecule has 0 amide bonds. The van der Waals surface area contributed by atoms with E-state index in [4.69, 9.17) is 42.7 Å². The number of aromatic hydroxyl groups is 1. The number of aromatic nitrogens is 2. The third kappa shape index (κ3) is 21.6. The fraction of sp³-hybridized carbons (Fsp3) is 0.442. The van der Waals surface area contributed by atoms with Crippen LogP contribution in [0, 0.1) is 13.8 Å². The maximum absolute atomic E-state index is 12.6. The smallest absolute Gasteiger partial charge is 0.348 e. The molecule has 14 rings (SSSR count). The van der Waals surface area contributed by atoms with Gasteiger partial charge in [0.25, 0.3) is 35.0 Å². The summed E-state index contributed by atoms with van der Waals surface area (Å²) in [4.78, 5) is 80.4. The summed E-state index contributed by atoms with van der Waals surface area (Å²) >= 11 is 0. The van der Waals surface area contributed by atoms with Crippen LogP contribution < -0.4 is 9.13 Å². The molecule has 21 heteroatoms. The van der Waals surface area contributed by atoms with Gasteiger partial charge in [0.15, 0.2) is 24.8 Å². The number of phenolic OH excluding ortho intramolecular Hbond substituents is 1. The van der Waals surface area contributed by atoms with Gasteiger partial charge in [-0.2, -0.15) is 14.2 Å². The predicted molar refractivity (Wildman–Crippen MR) is 401 cm³/mol. The number of hydrogen-bond acceptors (Lipinski definition) is 19. The van der Waals surface area contributed by atoms with Gasteiger partial charge in [0.2, 0.25) is 11.4 Å². The van der Waals surface area contributed by atoms with Crippen LogP contribution in [-0.4, -0.2) is 92.4 Å². The number of pyridine rings is 2. The number of ether oxygens (including phenoxy) is 8. The number of allylic oxidation sites excluding steroid dienone is 8. The molecule has 3 N–H and O–H groups in total. The summed E-state index contributed by atoms with van der Waals surface area (Å²) < 4.78 is 48.5. The molecule has 0 bridgehead atoms. The summed E-state index contributed by atoms with van der Waals surface area (Å²) in [6.45, 7) is 8.27. The zero-order chi connectivity index (χ0) is 73.8. The van der Waals surface area contributed by atoms with Gasteiger partial charge >= 0.3 is 35.8 Å². The summed E-state index contributed by atoms with van der Waals surface area (Å²) in [5.41, 5.74) is 5.64. The standard InChI is InChI=1S/C28H36O8.C23H26O8.C17H20N2O2.C16H14N.2CH4/c1-20(12-14-21-23(29)33-27(34-24(21)30)16-8-4-2-5-9-17-27)13-15-22-25(31)35-28(36-26(22)32)18-10-6-3-7-11-19-28;24-18-16(19(25)29-22(28-18)12-6-2-7-13-22)10-4-1-5-11-17-20(26)30-23(31-21(17)27)14-8-3-9-15-23;1-14-6-10-18(11-7-14)16-4-5-17(20)15(12-16)13-21-19-8-2-3-9-19;1-13-9-11-17(12-10-13)16-8-4-6-14-5-2-3-7-15(14)16;;/h12-15,29H,2-11,16-19H2,1H3;1,4-5,10-11,24H,2-3,6-9,12-15H2;4-7,10-12H,2-3,8-9,13H2,1H3;2-12H,1H3;2*1H4/q;;;+1;;/p+1/b14-12+,20-13+;5-1+,10-4+;;;;. The van der Waals surface area contributed by atoms with Crippen LogP contribution in [0.5, 0.6) is 5.75 Å². The lowest BCUT2D eigenvalue weighted by Gasteiger charge is -2.38. The number of aryl methyl sites for hydroxylation is 2. The van der Waals surface area contributed by atoms with Crippen LogP contribution in [-0.2, 0) is 78.1 Å². The number of fused-ring (bicyclic) bond motifs is 1. The highest BCUT2D eigenvalue weighted by atomic mass is 16.8. The molecule has 3 saturated heterocycles. The average Bonchev–Trinajstić information content (AvgIpc) is 0.919. The van der Waals surface area contributed by atoms with Gasteiger partial charge in [-0.05, 0) is 138 Å². The Labute approximate surface area is 628 Å². The van der Waals surface area contributed by atoms with Gasteiger partial charge in [-0.1, -0.05) is 133 Å². The second-order valence-corrected chi connectivity index (χ2v) is 28.2. The molecule has 0 unspecified atom stereocenters. The van der Waals surface area contributed by atoms with Gasteiger partial charge in [-0.15, -0.1) is 0 Å². The Kier molecular flexibility index (Phi) is 28.7. The second-order valence-electron chi connectivity index (χ2n) is 28.2. The molecule has 7 heterocycles. The fourth-order valence-electron chi connectivity index (χ4n) is 14.1. The summed E-state index contributed by atoms with van der Waals surface area (Å²) in [6, 6.07) is 28.9. The van der Waals surface area contributed by atoms with E-state index in [1.165, 1.54) is 83.0 Å². The molecule has 570 valence electrons. The van der Waals surface area contributed by atoms with Gasteiger partial charge in [-0.25, -0.2) is 28.8 Å². The van der Waals surface area contributed by atoms with E-state index in [0.717, 1.165) is 127 Å². The van der Waals surface area contributed by atoms with Crippen LogP contribution in [0.2, 0.25) is 0 Å². The summed E-state index contributed by atoms with van der Waals surface area (Å²) in [6.07, 6.45) is 43.2. The molecule has 5 aromatic rings. The van der Waals surface area contributed by atoms with E-state index in [1.54, 1.807) is 25.1 Å². The summed E-state index contributed by atoms with van der Waals surface area (Å²) in [5.74, 6) is -9.10. The Morgan fingerprint density at radius 1 is 0.458 bits per heavy atom. The Morgan fingerprint density at radius 3 is 1.37 bits per heavy atom. The van der Waals surface area contributed by atoms with Crippen LogP contribution in [0.4, 0.5) is 0 Å². The van der Waals surface area contributed by atoms with Crippen LogP contribution >= 0.6 is 0 Å². The first-order valence-electron chi connectivity index (χ1n) is 37.2. The Hall–Kier alpha value is -10.1. The van der Waals surface area contributed by atoms with Crippen molar-refractivity contribution in [3.05, 3.63) is 221 Å². The minimum absolute atomic E-state index is 0. The van der Waals surface area contributed by atoms with Crippen LogP contribution in [0.3, 0.4) is 0 Å². The highest BCUT2D eigenvalue weighted by molar-refractivity contribution is 6.16. The van der Waals surface area contributed by atoms with Gasteiger partial charge < -0.3 is 53.2 Å². The van der Waals surface area contributed by atoms with Crippen molar-refractivity contribution in [1.82, 2.24) is 5.06 Å². The Bertz CT molecular complexity index is 4150. The maximum Gasteiger partial charge on any atom is 0.348 e. The van der Waals surface area contributed by atoms with Crippen LogP contribution in [0.15, 0.2) is 204 Å². The first-order chi connectivity index (χ1) is 50.8. The van der Waals surface area contributed by atoms with E-state index in [9.17, 15) is 44.1 Å². The molecule has 4 saturated carbocycles. The van der Waals surface area contributed by atoms with Crippen LogP contribution in [0.25, 0.3) is 22.1 Å². The molecule has 107 heavy (non-hydrogen) atoms. The number of hydroxylamine groups is 2. The quantitative estimate of drug-likeness (QED) is 0.0277. The van der Waals surface area contributed by atoms with E-state index in [2.05, 4.69) is 97.5 Å². The number of aliphatic hydroxyl groups excluding tert-OH is 2. The number of phenols is 1. The first kappa shape index (κ1) is 81.0. The molecular formula is C86H105N3O18+2. The van der Waals surface area contributed by atoms with Gasteiger partial charge in [0, 0.05) is 112 Å². The third-order valence-corrected chi connectivity index (χ3v) is 20.1.